The monoisotopic (exact) mass is 407 g/mol. The van der Waals surface area contributed by atoms with Crippen molar-refractivity contribution in [3.8, 4) is 0 Å². The Morgan fingerprint density at radius 2 is 2.00 bits per heavy atom. The summed E-state index contributed by atoms with van der Waals surface area (Å²) >= 11 is 1.01. The topological polar surface area (TPSA) is 62.2 Å². The Morgan fingerprint density at radius 3 is 2.75 bits per heavy atom. The fourth-order valence-corrected chi connectivity index (χ4v) is 3.45. The van der Waals surface area contributed by atoms with Crippen LogP contribution in [0.25, 0.3) is 10.9 Å². The number of pyridine rings is 1. The van der Waals surface area contributed by atoms with Gasteiger partial charge < -0.3 is 10.6 Å². The van der Waals surface area contributed by atoms with Gasteiger partial charge in [-0.3, -0.25) is 4.98 Å². The molecule has 1 aromatic carbocycles. The van der Waals surface area contributed by atoms with Gasteiger partial charge in [-0.05, 0) is 18.6 Å². The molecule has 148 valence electrons. The highest BCUT2D eigenvalue weighted by Crippen LogP contribution is 2.30. The van der Waals surface area contributed by atoms with Gasteiger partial charge in [-0.1, -0.05) is 24.3 Å². The van der Waals surface area contributed by atoms with Gasteiger partial charge in [0.25, 0.3) is 0 Å². The van der Waals surface area contributed by atoms with E-state index in [4.69, 9.17) is 0 Å². The average molecular weight is 407 g/mol. The Kier molecular flexibility index (Phi) is 6.45. The van der Waals surface area contributed by atoms with Crippen molar-refractivity contribution in [2.75, 3.05) is 13.1 Å². The summed E-state index contributed by atoms with van der Waals surface area (Å²) in [5.41, 5.74) is 1.08. The molecule has 5 nitrogen and oxygen atoms in total. The van der Waals surface area contributed by atoms with Crippen molar-refractivity contribution in [1.82, 2.24) is 20.6 Å². The molecule has 2 heterocycles. The minimum atomic E-state index is -4.40. The van der Waals surface area contributed by atoms with Crippen LogP contribution in [0.3, 0.4) is 0 Å². The second kappa shape index (κ2) is 9.01. The van der Waals surface area contributed by atoms with Gasteiger partial charge in [0, 0.05) is 36.5 Å². The van der Waals surface area contributed by atoms with Crippen molar-refractivity contribution in [2.45, 2.75) is 26.1 Å². The highest BCUT2D eigenvalue weighted by Gasteiger charge is 2.33. The maximum absolute atomic E-state index is 12.6. The van der Waals surface area contributed by atoms with Crippen LogP contribution in [0.5, 0.6) is 0 Å². The quantitative estimate of drug-likeness (QED) is 0.479. The van der Waals surface area contributed by atoms with Gasteiger partial charge in [0.1, 0.15) is 0 Å². The third-order valence-corrected chi connectivity index (χ3v) is 4.85. The summed E-state index contributed by atoms with van der Waals surface area (Å²) in [4.78, 5) is 12.6. The van der Waals surface area contributed by atoms with Crippen LogP contribution >= 0.6 is 11.3 Å². The Hall–Kier alpha value is -2.68. The number of nitrogens with one attached hydrogen (secondary N) is 2. The van der Waals surface area contributed by atoms with E-state index in [2.05, 4.69) is 25.6 Å². The zero-order chi connectivity index (χ0) is 20.0. The van der Waals surface area contributed by atoms with E-state index in [9.17, 15) is 13.2 Å². The number of fused-ring (bicyclic) bond motifs is 1. The zero-order valence-corrected chi connectivity index (χ0v) is 16.1. The van der Waals surface area contributed by atoms with Gasteiger partial charge >= 0.3 is 6.18 Å². The third kappa shape index (κ3) is 5.19. The summed E-state index contributed by atoms with van der Waals surface area (Å²) < 4.78 is 37.9. The molecule has 2 aromatic heterocycles. The van der Waals surface area contributed by atoms with Crippen molar-refractivity contribution < 1.29 is 13.2 Å². The van der Waals surface area contributed by atoms with Crippen LogP contribution < -0.4 is 10.6 Å². The fraction of sp³-hybridized carbons (Fsp3) is 0.316. The molecule has 3 rings (SSSR count). The van der Waals surface area contributed by atoms with Crippen molar-refractivity contribution in [2.24, 2.45) is 4.99 Å². The molecule has 0 spiro atoms. The Labute approximate surface area is 164 Å². The Balaban J connectivity index is 1.62. The van der Waals surface area contributed by atoms with E-state index in [1.54, 1.807) is 6.20 Å². The summed E-state index contributed by atoms with van der Waals surface area (Å²) in [6, 6.07) is 9.85. The molecule has 0 saturated carbocycles. The number of nitrogens with zero attached hydrogens (tertiary/aromatic N) is 3. The third-order valence-electron chi connectivity index (χ3n) is 3.94. The van der Waals surface area contributed by atoms with Gasteiger partial charge in [0.05, 0.1) is 17.1 Å². The lowest BCUT2D eigenvalue weighted by atomic mass is 10.1. The van der Waals surface area contributed by atoms with Crippen LogP contribution in [-0.4, -0.2) is 29.0 Å². The second-order valence-electron chi connectivity index (χ2n) is 5.99. The molecule has 0 fully saturated rings. The first-order valence-electron chi connectivity index (χ1n) is 8.83. The first-order chi connectivity index (χ1) is 13.5. The molecular weight excluding hydrogens is 387 g/mol. The highest BCUT2D eigenvalue weighted by atomic mass is 32.1. The van der Waals surface area contributed by atoms with Gasteiger partial charge in [0.2, 0.25) is 0 Å². The van der Waals surface area contributed by atoms with Crippen molar-refractivity contribution in [3.05, 3.63) is 58.2 Å². The summed E-state index contributed by atoms with van der Waals surface area (Å²) in [6.07, 6.45) is -2.26. The number of guanidine groups is 1. The minimum Gasteiger partial charge on any atom is -0.357 e. The Morgan fingerprint density at radius 1 is 1.18 bits per heavy atom. The fourth-order valence-electron chi connectivity index (χ4n) is 2.64. The predicted molar refractivity (Wildman–Crippen MR) is 105 cm³/mol. The Bertz CT molecular complexity index is 947. The molecule has 0 atom stereocenters. The maximum Gasteiger partial charge on any atom is 0.434 e. The molecule has 0 bridgehead atoms. The first kappa shape index (κ1) is 20.1. The number of para-hydroxylation sites is 1. The van der Waals surface area contributed by atoms with Gasteiger partial charge in [-0.15, -0.1) is 11.3 Å². The number of alkyl halides is 3. The van der Waals surface area contributed by atoms with E-state index in [1.165, 1.54) is 0 Å². The van der Waals surface area contributed by atoms with E-state index in [1.807, 2.05) is 37.3 Å². The molecule has 28 heavy (non-hydrogen) atoms. The van der Waals surface area contributed by atoms with E-state index in [0.717, 1.165) is 33.2 Å². The van der Waals surface area contributed by atoms with Gasteiger partial charge in [-0.2, -0.15) is 13.2 Å². The molecule has 0 aliphatic carbocycles. The number of benzene rings is 1. The number of aromatic nitrogens is 2. The van der Waals surface area contributed by atoms with Crippen LogP contribution in [0, 0.1) is 0 Å². The van der Waals surface area contributed by atoms with Gasteiger partial charge in [-0.25, -0.2) is 9.98 Å². The number of hydrogen-bond donors (Lipinski definition) is 2. The molecule has 0 amide bonds. The van der Waals surface area contributed by atoms with E-state index in [0.29, 0.717) is 37.0 Å². The molecular formula is C19H20F3N5S. The van der Waals surface area contributed by atoms with Gasteiger partial charge in [0.15, 0.2) is 11.7 Å². The second-order valence-corrected chi connectivity index (χ2v) is 6.93. The van der Waals surface area contributed by atoms with E-state index < -0.39 is 11.9 Å². The molecule has 0 aliphatic heterocycles. The van der Waals surface area contributed by atoms with Crippen LogP contribution in [0.2, 0.25) is 0 Å². The normalized spacial score (nSPS) is 12.4. The van der Waals surface area contributed by atoms with Crippen molar-refractivity contribution >= 4 is 28.2 Å². The van der Waals surface area contributed by atoms with Crippen LogP contribution in [0.1, 0.15) is 23.2 Å². The van der Waals surface area contributed by atoms with Crippen LogP contribution in [-0.2, 0) is 19.1 Å². The minimum absolute atomic E-state index is 0.390. The molecule has 0 unspecified atom stereocenters. The summed E-state index contributed by atoms with van der Waals surface area (Å²) in [7, 11) is 0. The van der Waals surface area contributed by atoms with Crippen molar-refractivity contribution in [1.29, 1.82) is 0 Å². The smallest absolute Gasteiger partial charge is 0.357 e. The predicted octanol–water partition coefficient (Wildman–Crippen LogP) is 4.01. The van der Waals surface area contributed by atoms with E-state index >= 15 is 0 Å². The molecule has 3 aromatic rings. The molecule has 2 N–H and O–H groups in total. The summed E-state index contributed by atoms with van der Waals surface area (Å²) in [6.45, 7) is 3.51. The molecule has 0 radical (unpaired) electrons. The molecule has 0 saturated heterocycles. The number of hydrogen-bond acceptors (Lipinski definition) is 4. The lowest BCUT2D eigenvalue weighted by molar-refractivity contribution is -0.140. The van der Waals surface area contributed by atoms with Crippen molar-refractivity contribution in [3.63, 3.8) is 0 Å². The standard InChI is InChI=1S/C19H20F3N5S/c1-2-23-18(25-10-8-16-27-15(12-28-16)19(20,21)22)26-11-14-6-3-5-13-7-4-9-24-17(13)14/h3-7,9,12H,2,8,10-11H2,1H3,(H2,23,25,26). The maximum atomic E-state index is 12.6. The first-order valence-corrected chi connectivity index (χ1v) is 9.71. The lowest BCUT2D eigenvalue weighted by Gasteiger charge is -2.11. The number of rotatable bonds is 6. The number of halogens is 3. The SMILES string of the molecule is CCNC(=NCc1cccc2cccnc12)NCCc1nc(C(F)(F)F)cs1. The van der Waals surface area contributed by atoms with E-state index in [-0.39, 0.29) is 0 Å². The molecule has 9 heteroatoms. The summed E-state index contributed by atoms with van der Waals surface area (Å²) in [5.74, 6) is 0.600. The summed E-state index contributed by atoms with van der Waals surface area (Å²) in [5, 5.41) is 8.81. The zero-order valence-electron chi connectivity index (χ0n) is 15.3. The van der Waals surface area contributed by atoms with Crippen LogP contribution in [0.4, 0.5) is 13.2 Å². The number of aliphatic imine (C=N–C) groups is 1. The lowest BCUT2D eigenvalue weighted by Crippen LogP contribution is -2.38. The highest BCUT2D eigenvalue weighted by molar-refractivity contribution is 7.09. The largest absolute Gasteiger partial charge is 0.434 e. The van der Waals surface area contributed by atoms with Crippen LogP contribution in [0.15, 0.2) is 46.9 Å². The number of thiazole rings is 1. The molecule has 0 aliphatic rings. The average Bonchev–Trinajstić information content (AvgIpc) is 3.15.